The van der Waals surface area contributed by atoms with Gasteiger partial charge in [0.15, 0.2) is 0 Å². The SMILES string of the molecule is CCCOCCOCCN(C)C/C=C/C(=O)Nc1cccc(Nc2cc(Nc3ccc(OCc4cccc(F)c4)c(Cl)c3)ncn2)c1.CN(C/C=C/C(=O)Nc1cccc(Nc2cc(Nc3ccc(OCc4cccc(F)c4)c(Cl)c3)ncn2)c1)CCOCCN=[N+]=[N-]. The number of likely N-dealkylation sites (N-methyl/N-ethyl adjacent to an activating group) is 2. The van der Waals surface area contributed by atoms with Gasteiger partial charge >= 0.3 is 0 Å². The number of ether oxygens (including phenoxy) is 5. The molecule has 0 aliphatic heterocycles. The van der Waals surface area contributed by atoms with Gasteiger partial charge in [-0.25, -0.2) is 28.7 Å². The molecule has 6 N–H and O–H groups in total. The van der Waals surface area contributed by atoms with Gasteiger partial charge < -0.3 is 65.4 Å². The van der Waals surface area contributed by atoms with E-state index in [1.807, 2.05) is 61.5 Å². The number of amides is 2. The summed E-state index contributed by atoms with van der Waals surface area (Å²) in [7, 11) is 3.89. The third kappa shape index (κ3) is 27.3. The van der Waals surface area contributed by atoms with E-state index in [-0.39, 0.29) is 36.7 Å². The monoisotopic (exact) mass is 1310 g/mol. The van der Waals surface area contributed by atoms with Crippen molar-refractivity contribution >= 4 is 92.4 Å². The lowest BCUT2D eigenvalue weighted by atomic mass is 10.2. The lowest BCUT2D eigenvalue weighted by Gasteiger charge is -2.14. The normalized spacial score (nSPS) is 11.0. The van der Waals surface area contributed by atoms with Crippen molar-refractivity contribution < 1.29 is 42.1 Å². The Morgan fingerprint density at radius 3 is 1.35 bits per heavy atom. The van der Waals surface area contributed by atoms with Gasteiger partial charge in [0.1, 0.15) is 72.3 Å². The van der Waals surface area contributed by atoms with E-state index in [9.17, 15) is 18.4 Å². The summed E-state index contributed by atoms with van der Waals surface area (Å²) >= 11 is 12.9. The standard InChI is InChI=1S/C35H40ClFN6O4.C32H33ClFN9O3/c1-3-16-45-18-19-46-17-15-43(2)14-6-11-35(44)42-29-10-5-9-28(21-29)40-33-23-34(39-25-38-33)41-30-12-13-32(31(36)22-30)47-24-26-7-4-8-27(37)20-26;1-43(14-16-45-15-12-38-42-35)13-4-9-32(44)41-26-8-3-7-25(18-26)39-30-20-31(37-22-36-30)40-27-10-11-29(28(33)19-27)46-21-23-5-2-6-24(34)17-23/h4-13,20-23,25H,3,14-19,24H2,1-2H3,(H,42,44)(H2,38,39,40,41);2-11,17-20,22H,12-16,21H2,1H3,(H,41,44)(H2,36,37,39,40)/b11-6+;9-4+. The van der Waals surface area contributed by atoms with Gasteiger partial charge in [0, 0.05) is 103 Å². The van der Waals surface area contributed by atoms with Crippen LogP contribution in [0.5, 0.6) is 11.5 Å². The van der Waals surface area contributed by atoms with Crippen LogP contribution in [0, 0.1) is 11.6 Å². The molecule has 0 saturated carbocycles. The first-order valence-corrected chi connectivity index (χ1v) is 30.3. The molecule has 0 fully saturated rings. The highest BCUT2D eigenvalue weighted by Gasteiger charge is 2.11. The van der Waals surface area contributed by atoms with Gasteiger partial charge in [0.05, 0.1) is 43.1 Å². The molecule has 0 aliphatic rings. The number of aromatic nitrogens is 4. The Labute approximate surface area is 549 Å². The number of rotatable bonds is 36. The van der Waals surface area contributed by atoms with Gasteiger partial charge in [-0.2, -0.15) is 0 Å². The Balaban J connectivity index is 0.000000264. The van der Waals surface area contributed by atoms with E-state index in [2.05, 4.69) is 73.7 Å². The Hall–Kier alpha value is -9.75. The van der Waals surface area contributed by atoms with E-state index in [0.29, 0.717) is 138 Å². The molecule has 0 saturated heterocycles. The topological polar surface area (TPSA) is 259 Å². The molecule has 6 aromatic carbocycles. The van der Waals surface area contributed by atoms with Crippen LogP contribution in [-0.2, 0) is 37.0 Å². The Bertz CT molecular complexity index is 3780. The molecular weight excluding hydrogens is 1240 g/mol. The Morgan fingerprint density at radius 2 is 0.935 bits per heavy atom. The second kappa shape index (κ2) is 39.5. The number of halogens is 4. The zero-order chi connectivity index (χ0) is 65.8. The first-order valence-electron chi connectivity index (χ1n) is 29.6. The highest BCUT2D eigenvalue weighted by atomic mass is 35.5. The molecule has 8 aromatic rings. The molecule has 486 valence electrons. The number of hydrogen-bond acceptors (Lipinski definition) is 18. The van der Waals surface area contributed by atoms with Crippen LogP contribution in [0.4, 0.5) is 66.2 Å². The number of nitrogens with one attached hydrogen (secondary N) is 6. The van der Waals surface area contributed by atoms with Gasteiger partial charge in [-0.1, -0.05) is 83.8 Å². The molecule has 0 unspecified atom stereocenters. The highest BCUT2D eigenvalue weighted by Crippen LogP contribution is 2.32. The predicted molar refractivity (Wildman–Crippen MR) is 362 cm³/mol. The van der Waals surface area contributed by atoms with Crippen LogP contribution >= 0.6 is 23.2 Å². The lowest BCUT2D eigenvalue weighted by molar-refractivity contribution is -0.112. The smallest absolute Gasteiger partial charge is 0.248 e. The second-order valence-corrected chi connectivity index (χ2v) is 21.3. The van der Waals surface area contributed by atoms with Crippen molar-refractivity contribution in [2.24, 2.45) is 5.11 Å². The van der Waals surface area contributed by atoms with E-state index < -0.39 is 0 Å². The van der Waals surface area contributed by atoms with Gasteiger partial charge in [0.2, 0.25) is 11.8 Å². The van der Waals surface area contributed by atoms with E-state index in [4.69, 9.17) is 52.4 Å². The number of hydrogen-bond donors (Lipinski definition) is 6. The summed E-state index contributed by atoms with van der Waals surface area (Å²) in [5, 5.41) is 22.8. The molecule has 0 radical (unpaired) electrons. The van der Waals surface area contributed by atoms with Crippen LogP contribution in [0.1, 0.15) is 24.5 Å². The van der Waals surface area contributed by atoms with Crippen molar-refractivity contribution in [2.45, 2.75) is 26.6 Å². The van der Waals surface area contributed by atoms with Crippen LogP contribution < -0.4 is 41.4 Å². The quantitative estimate of drug-likeness (QED) is 0.00701. The van der Waals surface area contributed by atoms with Crippen LogP contribution in [0.3, 0.4) is 0 Å². The molecule has 0 bridgehead atoms. The molecule has 2 amide bonds. The molecule has 0 aliphatic carbocycles. The minimum atomic E-state index is -0.325. The van der Waals surface area contributed by atoms with Crippen molar-refractivity contribution in [1.82, 2.24) is 29.7 Å². The maximum atomic E-state index is 13.4. The molecule has 2 aromatic heterocycles. The van der Waals surface area contributed by atoms with Gasteiger partial charge in [-0.05, 0) is 134 Å². The van der Waals surface area contributed by atoms with Crippen molar-refractivity contribution in [3.63, 3.8) is 0 Å². The van der Waals surface area contributed by atoms with Crippen LogP contribution in [0.2, 0.25) is 10.0 Å². The summed E-state index contributed by atoms with van der Waals surface area (Å²) in [5.74, 6) is 1.98. The molecule has 2 heterocycles. The van der Waals surface area contributed by atoms with Crippen molar-refractivity contribution in [1.29, 1.82) is 0 Å². The van der Waals surface area contributed by atoms with Gasteiger partial charge in [0.25, 0.3) is 0 Å². The minimum Gasteiger partial charge on any atom is -0.487 e. The first-order chi connectivity index (χ1) is 45.2. The van der Waals surface area contributed by atoms with Crippen LogP contribution in [-0.4, -0.2) is 128 Å². The number of azide groups is 1. The maximum Gasteiger partial charge on any atom is 0.248 e. The summed E-state index contributed by atoms with van der Waals surface area (Å²) in [4.78, 5) is 48.8. The fraction of sp³-hybridized carbons (Fsp3) is 0.254. The fourth-order valence-electron chi connectivity index (χ4n) is 8.29. The van der Waals surface area contributed by atoms with E-state index in [0.717, 1.165) is 30.9 Å². The number of benzene rings is 6. The third-order valence-electron chi connectivity index (χ3n) is 12.8. The molecule has 0 atom stereocenters. The molecule has 22 nitrogen and oxygen atoms in total. The van der Waals surface area contributed by atoms with E-state index in [1.165, 1.54) is 49.1 Å². The second-order valence-electron chi connectivity index (χ2n) is 20.5. The van der Waals surface area contributed by atoms with Crippen LogP contribution in [0.25, 0.3) is 10.4 Å². The molecule has 8 rings (SSSR count). The zero-order valence-electron chi connectivity index (χ0n) is 51.6. The molecule has 0 spiro atoms. The number of carbonyl (C=O) groups is 2. The predicted octanol–water partition coefficient (Wildman–Crippen LogP) is 14.3. The van der Waals surface area contributed by atoms with Crippen molar-refractivity contribution in [3.05, 3.63) is 226 Å². The number of nitrogens with zero attached hydrogens (tertiary/aromatic N) is 9. The van der Waals surface area contributed by atoms with Gasteiger partial charge in [-0.3, -0.25) is 9.59 Å². The molecular formula is C67H73Cl2F2N15O7. The van der Waals surface area contributed by atoms with E-state index >= 15 is 0 Å². The minimum absolute atomic E-state index is 0.185. The maximum absolute atomic E-state index is 13.4. The van der Waals surface area contributed by atoms with Crippen molar-refractivity contribution in [2.75, 3.05) is 118 Å². The zero-order valence-corrected chi connectivity index (χ0v) is 53.1. The lowest BCUT2D eigenvalue weighted by Crippen LogP contribution is -2.24. The number of carbonyl (C=O) groups excluding carboxylic acids is 2. The van der Waals surface area contributed by atoms with Crippen LogP contribution in [0.15, 0.2) is 188 Å². The summed E-state index contributed by atoms with van der Waals surface area (Å²) in [6, 6.07) is 41.0. The fourth-order valence-corrected chi connectivity index (χ4v) is 8.76. The molecule has 26 heteroatoms. The largest absolute Gasteiger partial charge is 0.487 e. The summed E-state index contributed by atoms with van der Waals surface area (Å²) in [5.41, 5.74) is 13.7. The van der Waals surface area contributed by atoms with E-state index in [1.54, 1.807) is 91.0 Å². The number of anilines is 10. The Morgan fingerprint density at radius 1 is 0.527 bits per heavy atom. The first kappa shape index (κ1) is 70.7. The summed E-state index contributed by atoms with van der Waals surface area (Å²) in [6.07, 6.45) is 10.5. The summed E-state index contributed by atoms with van der Waals surface area (Å²) in [6.45, 7) is 8.79. The molecule has 93 heavy (non-hydrogen) atoms. The average Bonchev–Trinajstić information content (AvgIpc) is 1.82. The van der Waals surface area contributed by atoms with Crippen molar-refractivity contribution in [3.8, 4) is 11.5 Å². The average molecular weight is 1310 g/mol. The summed E-state index contributed by atoms with van der Waals surface area (Å²) < 4.78 is 54.7. The Kier molecular flexibility index (Phi) is 30.0. The van der Waals surface area contributed by atoms with Gasteiger partial charge in [-0.15, -0.1) is 0 Å². The third-order valence-corrected chi connectivity index (χ3v) is 13.4. The highest BCUT2D eigenvalue weighted by molar-refractivity contribution is 6.32.